The van der Waals surface area contributed by atoms with Crippen LogP contribution in [0.2, 0.25) is 0 Å². The average Bonchev–Trinajstić information content (AvgIpc) is 2.84. The van der Waals surface area contributed by atoms with Crippen molar-refractivity contribution in [1.82, 2.24) is 14.8 Å². The van der Waals surface area contributed by atoms with Crippen molar-refractivity contribution in [2.75, 3.05) is 0 Å². The Bertz CT molecular complexity index is 874. The van der Waals surface area contributed by atoms with Crippen LogP contribution < -0.4 is 0 Å². The molecule has 0 fully saturated rings. The number of benzene rings is 1. The van der Waals surface area contributed by atoms with Crippen LogP contribution in [0.1, 0.15) is 10.4 Å². The molecular weight excluding hydrogens is 402 g/mol. The van der Waals surface area contributed by atoms with Crippen LogP contribution in [0.25, 0.3) is 22.3 Å². The SMILES string of the molecule is Cn1nccc1-c1cc(C(=O)O)c2cc(Br)cc(Br)c2n1. The lowest BCUT2D eigenvalue weighted by molar-refractivity contribution is 0.0699. The van der Waals surface area contributed by atoms with E-state index in [0.717, 1.165) is 14.6 Å². The number of aryl methyl sites for hydroxylation is 1. The third-order valence-electron chi connectivity index (χ3n) is 3.15. The van der Waals surface area contributed by atoms with Crippen LogP contribution in [-0.2, 0) is 7.05 Å². The maximum atomic E-state index is 11.6. The van der Waals surface area contributed by atoms with E-state index in [0.29, 0.717) is 16.6 Å². The molecule has 1 aromatic carbocycles. The van der Waals surface area contributed by atoms with E-state index < -0.39 is 5.97 Å². The molecule has 0 unspecified atom stereocenters. The number of carboxylic acid groups (broad SMARTS) is 1. The molecule has 0 atom stereocenters. The van der Waals surface area contributed by atoms with E-state index in [-0.39, 0.29) is 5.56 Å². The predicted molar refractivity (Wildman–Crippen MR) is 86.3 cm³/mol. The summed E-state index contributed by atoms with van der Waals surface area (Å²) in [6, 6.07) is 6.96. The van der Waals surface area contributed by atoms with E-state index in [1.165, 1.54) is 0 Å². The summed E-state index contributed by atoms with van der Waals surface area (Å²) in [7, 11) is 1.79. The number of fused-ring (bicyclic) bond motifs is 1. The fourth-order valence-corrected chi connectivity index (χ4v) is 3.50. The van der Waals surface area contributed by atoms with Crippen LogP contribution in [0.5, 0.6) is 0 Å². The molecule has 2 heterocycles. The monoisotopic (exact) mass is 409 g/mol. The molecule has 0 aliphatic carbocycles. The van der Waals surface area contributed by atoms with Crippen molar-refractivity contribution in [3.63, 3.8) is 0 Å². The average molecular weight is 411 g/mol. The largest absolute Gasteiger partial charge is 0.478 e. The van der Waals surface area contributed by atoms with Gasteiger partial charge in [0.1, 0.15) is 0 Å². The molecular formula is C14H9Br2N3O2. The van der Waals surface area contributed by atoms with Gasteiger partial charge in [-0.15, -0.1) is 0 Å². The van der Waals surface area contributed by atoms with Crippen molar-refractivity contribution in [2.45, 2.75) is 0 Å². The number of pyridine rings is 1. The molecule has 0 aliphatic rings. The number of hydrogen-bond donors (Lipinski definition) is 1. The Morgan fingerprint density at radius 1 is 1.29 bits per heavy atom. The number of rotatable bonds is 2. The highest BCUT2D eigenvalue weighted by molar-refractivity contribution is 9.11. The van der Waals surface area contributed by atoms with Crippen LogP contribution in [0.15, 0.2) is 39.4 Å². The smallest absolute Gasteiger partial charge is 0.336 e. The molecule has 1 N–H and O–H groups in total. The molecule has 3 rings (SSSR count). The van der Waals surface area contributed by atoms with Gasteiger partial charge >= 0.3 is 5.97 Å². The van der Waals surface area contributed by atoms with Crippen LogP contribution in [-0.4, -0.2) is 25.8 Å². The molecule has 5 nitrogen and oxygen atoms in total. The third-order valence-corrected chi connectivity index (χ3v) is 4.21. The Morgan fingerprint density at radius 3 is 2.67 bits per heavy atom. The number of carbonyl (C=O) groups is 1. The minimum absolute atomic E-state index is 0.207. The zero-order valence-electron chi connectivity index (χ0n) is 10.8. The zero-order chi connectivity index (χ0) is 15.1. The topological polar surface area (TPSA) is 68.0 Å². The summed E-state index contributed by atoms with van der Waals surface area (Å²) in [6.07, 6.45) is 1.65. The number of aromatic nitrogens is 3. The molecule has 0 bridgehead atoms. The Morgan fingerprint density at radius 2 is 2.05 bits per heavy atom. The van der Waals surface area contributed by atoms with E-state index in [9.17, 15) is 9.90 Å². The molecule has 3 aromatic rings. The fourth-order valence-electron chi connectivity index (χ4n) is 2.19. The summed E-state index contributed by atoms with van der Waals surface area (Å²) in [5.41, 5.74) is 2.14. The second kappa shape index (κ2) is 5.23. The quantitative estimate of drug-likeness (QED) is 0.696. The van der Waals surface area contributed by atoms with Crippen molar-refractivity contribution < 1.29 is 9.90 Å². The van der Waals surface area contributed by atoms with Gasteiger partial charge in [0.2, 0.25) is 0 Å². The first-order valence-electron chi connectivity index (χ1n) is 5.99. The van der Waals surface area contributed by atoms with Gasteiger partial charge in [0.05, 0.1) is 22.5 Å². The number of nitrogens with zero attached hydrogens (tertiary/aromatic N) is 3. The first-order valence-corrected chi connectivity index (χ1v) is 7.57. The summed E-state index contributed by atoms with van der Waals surface area (Å²) >= 11 is 6.81. The van der Waals surface area contributed by atoms with Gasteiger partial charge in [-0.25, -0.2) is 9.78 Å². The van der Waals surface area contributed by atoms with Crippen LogP contribution in [0.3, 0.4) is 0 Å². The van der Waals surface area contributed by atoms with E-state index >= 15 is 0 Å². The lowest BCUT2D eigenvalue weighted by Crippen LogP contribution is -2.02. The van der Waals surface area contributed by atoms with Gasteiger partial charge in [0.15, 0.2) is 0 Å². The third kappa shape index (κ3) is 2.47. The van der Waals surface area contributed by atoms with E-state index in [1.54, 1.807) is 36.1 Å². The lowest BCUT2D eigenvalue weighted by atomic mass is 10.1. The summed E-state index contributed by atoms with van der Waals surface area (Å²) < 4.78 is 3.19. The summed E-state index contributed by atoms with van der Waals surface area (Å²) in [4.78, 5) is 16.1. The zero-order valence-corrected chi connectivity index (χ0v) is 14.0. The molecule has 0 spiro atoms. The Balaban J connectivity index is 2.40. The van der Waals surface area contributed by atoms with Gasteiger partial charge < -0.3 is 5.11 Å². The van der Waals surface area contributed by atoms with Gasteiger partial charge in [0.25, 0.3) is 0 Å². The lowest BCUT2D eigenvalue weighted by Gasteiger charge is -2.09. The minimum Gasteiger partial charge on any atom is -0.478 e. The molecule has 0 radical (unpaired) electrons. The summed E-state index contributed by atoms with van der Waals surface area (Å²) in [5.74, 6) is -0.990. The summed E-state index contributed by atoms with van der Waals surface area (Å²) in [6.45, 7) is 0. The van der Waals surface area contributed by atoms with Crippen LogP contribution in [0, 0.1) is 0 Å². The standard InChI is InChI=1S/C14H9Br2N3O2/c1-19-12(2-3-17-19)11-6-9(14(20)21)8-4-7(15)5-10(16)13(8)18-11/h2-6H,1H3,(H,20,21). The fraction of sp³-hybridized carbons (Fsp3) is 0.0714. The number of carboxylic acids is 1. The first-order chi connectivity index (χ1) is 9.97. The Kier molecular flexibility index (Phi) is 3.54. The molecule has 0 saturated heterocycles. The molecule has 7 heteroatoms. The highest BCUT2D eigenvalue weighted by Gasteiger charge is 2.16. The van der Waals surface area contributed by atoms with Gasteiger partial charge in [-0.2, -0.15) is 5.10 Å². The molecule has 2 aromatic heterocycles. The van der Waals surface area contributed by atoms with Crippen LogP contribution in [0.4, 0.5) is 0 Å². The number of halogens is 2. The second-order valence-corrected chi connectivity index (χ2v) is 6.25. The molecule has 106 valence electrons. The van der Waals surface area contributed by atoms with E-state index in [2.05, 4.69) is 41.9 Å². The molecule has 0 aliphatic heterocycles. The first kappa shape index (κ1) is 14.2. The maximum Gasteiger partial charge on any atom is 0.336 e. The van der Waals surface area contributed by atoms with E-state index in [4.69, 9.17) is 0 Å². The highest BCUT2D eigenvalue weighted by Crippen LogP contribution is 2.32. The highest BCUT2D eigenvalue weighted by atomic mass is 79.9. The van der Waals surface area contributed by atoms with E-state index in [1.807, 2.05) is 6.07 Å². The van der Waals surface area contributed by atoms with Crippen molar-refractivity contribution in [3.05, 3.63) is 45.0 Å². The number of hydrogen-bond acceptors (Lipinski definition) is 3. The van der Waals surface area contributed by atoms with Crippen molar-refractivity contribution in [1.29, 1.82) is 0 Å². The van der Waals surface area contributed by atoms with Crippen molar-refractivity contribution in [3.8, 4) is 11.4 Å². The normalized spacial score (nSPS) is 11.0. The van der Waals surface area contributed by atoms with Gasteiger partial charge in [-0.3, -0.25) is 4.68 Å². The van der Waals surface area contributed by atoms with Crippen molar-refractivity contribution >= 4 is 48.7 Å². The minimum atomic E-state index is -0.990. The van der Waals surface area contributed by atoms with Crippen molar-refractivity contribution in [2.24, 2.45) is 7.05 Å². The predicted octanol–water partition coefficient (Wildman–Crippen LogP) is 3.86. The van der Waals surface area contributed by atoms with Gasteiger partial charge in [-0.05, 0) is 40.2 Å². The molecule has 21 heavy (non-hydrogen) atoms. The maximum absolute atomic E-state index is 11.6. The number of aromatic carboxylic acids is 1. The molecule has 0 saturated carbocycles. The second-order valence-electron chi connectivity index (χ2n) is 4.48. The molecule has 0 amide bonds. The summed E-state index contributed by atoms with van der Waals surface area (Å²) in [5, 5.41) is 14.1. The Hall–Kier alpha value is -1.73. The van der Waals surface area contributed by atoms with Gasteiger partial charge in [0, 0.05) is 27.6 Å². The van der Waals surface area contributed by atoms with Gasteiger partial charge in [-0.1, -0.05) is 15.9 Å². The van der Waals surface area contributed by atoms with Crippen LogP contribution >= 0.6 is 31.9 Å². The Labute approximate surface area is 136 Å².